The number of nitrogens with zero attached hydrogens (tertiary/aromatic N) is 1. The smallest absolute Gasteiger partial charge is 0.248 e. The SMILES string of the molecule is Cc1nc(C)c(CNCc2cccc(C(N)=O)c2)s1. The van der Waals surface area contributed by atoms with Gasteiger partial charge in [-0.05, 0) is 31.5 Å². The summed E-state index contributed by atoms with van der Waals surface area (Å²) in [4.78, 5) is 16.7. The van der Waals surface area contributed by atoms with Gasteiger partial charge in [-0.15, -0.1) is 11.3 Å². The molecule has 1 aromatic heterocycles. The van der Waals surface area contributed by atoms with E-state index in [1.165, 1.54) is 4.88 Å². The number of thiazole rings is 1. The van der Waals surface area contributed by atoms with Gasteiger partial charge in [0, 0.05) is 23.5 Å². The Morgan fingerprint density at radius 1 is 1.37 bits per heavy atom. The number of hydrogen-bond donors (Lipinski definition) is 2. The number of rotatable bonds is 5. The molecule has 1 amide bonds. The molecule has 0 spiro atoms. The van der Waals surface area contributed by atoms with Crippen LogP contribution in [0.3, 0.4) is 0 Å². The number of carbonyl (C=O) groups excluding carboxylic acids is 1. The fourth-order valence-corrected chi connectivity index (χ4v) is 2.80. The first-order valence-electron chi connectivity index (χ1n) is 6.08. The minimum absolute atomic E-state index is 0.393. The minimum Gasteiger partial charge on any atom is -0.366 e. The molecule has 2 rings (SSSR count). The molecular weight excluding hydrogens is 258 g/mol. The maximum atomic E-state index is 11.1. The van der Waals surface area contributed by atoms with Crippen molar-refractivity contribution in [2.24, 2.45) is 5.73 Å². The molecule has 0 radical (unpaired) electrons. The number of aryl methyl sites for hydroxylation is 2. The van der Waals surface area contributed by atoms with Gasteiger partial charge in [-0.2, -0.15) is 0 Å². The van der Waals surface area contributed by atoms with Gasteiger partial charge in [-0.3, -0.25) is 4.79 Å². The minimum atomic E-state index is -0.393. The van der Waals surface area contributed by atoms with Gasteiger partial charge in [-0.1, -0.05) is 12.1 Å². The van der Waals surface area contributed by atoms with Crippen molar-refractivity contribution in [3.8, 4) is 0 Å². The molecule has 1 aromatic carbocycles. The van der Waals surface area contributed by atoms with Crippen LogP contribution in [0.4, 0.5) is 0 Å². The molecule has 0 unspecified atom stereocenters. The zero-order valence-corrected chi connectivity index (χ0v) is 11.9. The van der Waals surface area contributed by atoms with E-state index in [0.717, 1.165) is 22.8 Å². The van der Waals surface area contributed by atoms with E-state index in [2.05, 4.69) is 10.3 Å². The maximum absolute atomic E-state index is 11.1. The van der Waals surface area contributed by atoms with Gasteiger partial charge in [0.1, 0.15) is 0 Å². The highest BCUT2D eigenvalue weighted by atomic mass is 32.1. The van der Waals surface area contributed by atoms with E-state index in [4.69, 9.17) is 5.73 Å². The molecule has 5 heteroatoms. The monoisotopic (exact) mass is 275 g/mol. The van der Waals surface area contributed by atoms with Crippen molar-refractivity contribution in [2.45, 2.75) is 26.9 Å². The molecule has 0 aliphatic rings. The molecule has 3 N–H and O–H groups in total. The van der Waals surface area contributed by atoms with Gasteiger partial charge in [0.05, 0.1) is 10.7 Å². The Kier molecular flexibility index (Phi) is 4.29. The van der Waals surface area contributed by atoms with E-state index >= 15 is 0 Å². The number of carbonyl (C=O) groups is 1. The lowest BCUT2D eigenvalue weighted by Gasteiger charge is -2.05. The maximum Gasteiger partial charge on any atom is 0.248 e. The lowest BCUT2D eigenvalue weighted by molar-refractivity contribution is 0.1000. The molecule has 0 atom stereocenters. The van der Waals surface area contributed by atoms with Gasteiger partial charge in [0.25, 0.3) is 0 Å². The van der Waals surface area contributed by atoms with Crippen molar-refractivity contribution in [3.63, 3.8) is 0 Å². The Morgan fingerprint density at radius 3 is 2.79 bits per heavy atom. The molecule has 0 bridgehead atoms. The van der Waals surface area contributed by atoms with E-state index in [1.807, 2.05) is 32.0 Å². The van der Waals surface area contributed by atoms with Crippen LogP contribution in [-0.4, -0.2) is 10.9 Å². The average molecular weight is 275 g/mol. The number of aromatic nitrogens is 1. The summed E-state index contributed by atoms with van der Waals surface area (Å²) in [7, 11) is 0. The molecule has 0 saturated carbocycles. The first-order valence-corrected chi connectivity index (χ1v) is 6.90. The lowest BCUT2D eigenvalue weighted by Crippen LogP contribution is -2.14. The molecule has 0 aliphatic carbocycles. The summed E-state index contributed by atoms with van der Waals surface area (Å²) in [6.07, 6.45) is 0. The van der Waals surface area contributed by atoms with Crippen molar-refractivity contribution in [2.75, 3.05) is 0 Å². The van der Waals surface area contributed by atoms with Gasteiger partial charge in [0.2, 0.25) is 5.91 Å². The summed E-state index contributed by atoms with van der Waals surface area (Å²) in [5.41, 5.74) is 7.94. The molecule has 1 heterocycles. The lowest BCUT2D eigenvalue weighted by atomic mass is 10.1. The van der Waals surface area contributed by atoms with E-state index in [0.29, 0.717) is 12.1 Å². The molecule has 100 valence electrons. The highest BCUT2D eigenvalue weighted by molar-refractivity contribution is 7.11. The Labute approximate surface area is 116 Å². The number of nitrogens with two attached hydrogens (primary N) is 1. The highest BCUT2D eigenvalue weighted by Gasteiger charge is 2.05. The number of primary amides is 1. The second-order valence-electron chi connectivity index (χ2n) is 4.41. The zero-order chi connectivity index (χ0) is 13.8. The average Bonchev–Trinajstić information content (AvgIpc) is 2.68. The second-order valence-corrected chi connectivity index (χ2v) is 5.70. The Bertz CT molecular complexity index is 592. The van der Waals surface area contributed by atoms with Crippen LogP contribution in [0.1, 0.15) is 31.5 Å². The highest BCUT2D eigenvalue weighted by Crippen LogP contribution is 2.16. The van der Waals surface area contributed by atoms with Gasteiger partial charge in [0.15, 0.2) is 0 Å². The Morgan fingerprint density at radius 2 is 2.16 bits per heavy atom. The third kappa shape index (κ3) is 3.62. The van der Waals surface area contributed by atoms with Crippen LogP contribution in [0.15, 0.2) is 24.3 Å². The van der Waals surface area contributed by atoms with Crippen LogP contribution in [0.2, 0.25) is 0 Å². The molecule has 4 nitrogen and oxygen atoms in total. The number of benzene rings is 1. The molecule has 0 aliphatic heterocycles. The summed E-state index contributed by atoms with van der Waals surface area (Å²) in [5.74, 6) is -0.393. The normalized spacial score (nSPS) is 10.6. The van der Waals surface area contributed by atoms with Gasteiger partial charge < -0.3 is 11.1 Å². The first-order chi connectivity index (χ1) is 9.06. The summed E-state index contributed by atoms with van der Waals surface area (Å²) in [6, 6.07) is 7.37. The van der Waals surface area contributed by atoms with E-state index in [-0.39, 0.29) is 0 Å². The molecule has 0 saturated heterocycles. The molecule has 2 aromatic rings. The summed E-state index contributed by atoms with van der Waals surface area (Å²) >= 11 is 1.71. The quantitative estimate of drug-likeness (QED) is 0.878. The summed E-state index contributed by atoms with van der Waals surface area (Å²) < 4.78 is 0. The third-order valence-electron chi connectivity index (χ3n) is 2.83. The number of nitrogens with one attached hydrogen (secondary N) is 1. The second kappa shape index (κ2) is 5.95. The topological polar surface area (TPSA) is 68.0 Å². The van der Waals surface area contributed by atoms with Gasteiger partial charge in [-0.25, -0.2) is 4.98 Å². The Balaban J connectivity index is 1.94. The number of amides is 1. The molecule has 0 fully saturated rings. The predicted octanol–water partition coefficient (Wildman–Crippen LogP) is 2.15. The standard InChI is InChI=1S/C14H17N3OS/c1-9-13(19-10(2)17-9)8-16-7-11-4-3-5-12(6-11)14(15)18/h3-6,16H,7-8H2,1-2H3,(H2,15,18). The largest absolute Gasteiger partial charge is 0.366 e. The Hall–Kier alpha value is -1.72. The third-order valence-corrected chi connectivity index (χ3v) is 3.90. The zero-order valence-electron chi connectivity index (χ0n) is 11.1. The fourth-order valence-electron chi connectivity index (χ4n) is 1.89. The predicted molar refractivity (Wildman–Crippen MR) is 77.1 cm³/mol. The summed E-state index contributed by atoms with van der Waals surface area (Å²) in [6.45, 7) is 5.53. The van der Waals surface area contributed by atoms with Crippen molar-refractivity contribution >= 4 is 17.2 Å². The van der Waals surface area contributed by atoms with Crippen LogP contribution >= 0.6 is 11.3 Å². The number of hydrogen-bond acceptors (Lipinski definition) is 4. The van der Waals surface area contributed by atoms with Crippen LogP contribution in [-0.2, 0) is 13.1 Å². The van der Waals surface area contributed by atoms with Crippen LogP contribution in [0.5, 0.6) is 0 Å². The van der Waals surface area contributed by atoms with E-state index in [9.17, 15) is 4.79 Å². The van der Waals surface area contributed by atoms with Crippen molar-refractivity contribution < 1.29 is 4.79 Å². The summed E-state index contributed by atoms with van der Waals surface area (Å²) in [5, 5.41) is 4.44. The molecular formula is C14H17N3OS. The van der Waals surface area contributed by atoms with E-state index < -0.39 is 5.91 Å². The van der Waals surface area contributed by atoms with Gasteiger partial charge >= 0.3 is 0 Å². The molecule has 19 heavy (non-hydrogen) atoms. The van der Waals surface area contributed by atoms with Crippen molar-refractivity contribution in [1.82, 2.24) is 10.3 Å². The van der Waals surface area contributed by atoms with E-state index in [1.54, 1.807) is 17.4 Å². The van der Waals surface area contributed by atoms with Crippen molar-refractivity contribution in [3.05, 3.63) is 51.0 Å². The van der Waals surface area contributed by atoms with Crippen LogP contribution in [0.25, 0.3) is 0 Å². The van der Waals surface area contributed by atoms with Crippen LogP contribution in [0, 0.1) is 13.8 Å². The van der Waals surface area contributed by atoms with Crippen molar-refractivity contribution in [1.29, 1.82) is 0 Å². The van der Waals surface area contributed by atoms with Crippen LogP contribution < -0.4 is 11.1 Å². The first kappa shape index (κ1) is 13.7. The fraction of sp³-hybridized carbons (Fsp3) is 0.286.